The number of aryl methyl sites for hydroxylation is 2. The van der Waals surface area contributed by atoms with Crippen LogP contribution in [0.1, 0.15) is 38.8 Å². The molecule has 2 nitrogen and oxygen atoms in total. The van der Waals surface area contributed by atoms with Crippen LogP contribution in [0.5, 0.6) is 0 Å². The van der Waals surface area contributed by atoms with Gasteiger partial charge in [-0.15, -0.1) is 0 Å². The Morgan fingerprint density at radius 1 is 0.367 bits per heavy atom. The summed E-state index contributed by atoms with van der Waals surface area (Å²) in [6.45, 7) is 12.2. The zero-order valence-electron chi connectivity index (χ0n) is 19.4. The van der Waals surface area contributed by atoms with Crippen LogP contribution in [0.3, 0.4) is 0 Å². The Kier molecular flexibility index (Phi) is 24.8. The summed E-state index contributed by atoms with van der Waals surface area (Å²) >= 11 is 0. The van der Waals surface area contributed by atoms with Gasteiger partial charge in [0.25, 0.3) is 0 Å². The molecule has 0 aliphatic rings. The van der Waals surface area contributed by atoms with Crippen LogP contribution in [-0.2, 0) is 0 Å². The lowest BCUT2D eigenvalue weighted by Gasteiger charge is -1.82. The van der Waals surface area contributed by atoms with E-state index in [1.165, 1.54) is 11.1 Å². The molecular formula is C28H38N2. The fraction of sp³-hybridized carbons (Fsp3) is 0.214. The van der Waals surface area contributed by atoms with Gasteiger partial charge < -0.3 is 0 Å². The number of benzene rings is 2. The minimum Gasteiger partial charge on any atom is -0.265 e. The summed E-state index contributed by atoms with van der Waals surface area (Å²) in [5, 5.41) is 0. The Hall–Kier alpha value is -3.26. The van der Waals surface area contributed by atoms with Crippen LogP contribution < -0.4 is 0 Å². The normalized spacial score (nSPS) is 7.67. The lowest BCUT2D eigenvalue weighted by Crippen LogP contribution is -1.62. The molecule has 0 radical (unpaired) electrons. The third-order valence-electron chi connectivity index (χ3n) is 3.01. The highest BCUT2D eigenvalue weighted by Gasteiger charge is 1.72. The molecule has 2 heteroatoms. The second kappa shape index (κ2) is 25.7. The van der Waals surface area contributed by atoms with E-state index in [0.29, 0.717) is 0 Å². The van der Waals surface area contributed by atoms with Crippen LogP contribution in [0, 0.1) is 13.8 Å². The smallest absolute Gasteiger partial charge is 0.0267 e. The minimum atomic E-state index is 1.32. The number of hydrogen-bond donors (Lipinski definition) is 0. The second-order valence-electron chi connectivity index (χ2n) is 5.36. The monoisotopic (exact) mass is 402 g/mol. The Morgan fingerprint density at radius 2 is 0.600 bits per heavy atom. The molecule has 0 atom stereocenters. The topological polar surface area (TPSA) is 25.8 Å². The number of hydrogen-bond acceptors (Lipinski definition) is 2. The van der Waals surface area contributed by atoms with E-state index in [2.05, 4.69) is 48.1 Å². The Balaban J connectivity index is 0. The fourth-order valence-electron chi connectivity index (χ4n) is 1.69. The van der Waals surface area contributed by atoms with Gasteiger partial charge in [-0.2, -0.15) is 0 Å². The van der Waals surface area contributed by atoms with Gasteiger partial charge in [0.2, 0.25) is 0 Å². The third-order valence-corrected chi connectivity index (χ3v) is 3.01. The number of rotatable bonds is 0. The van der Waals surface area contributed by atoms with Gasteiger partial charge in [-0.1, -0.05) is 112 Å². The van der Waals surface area contributed by atoms with Crippen LogP contribution in [-0.4, -0.2) is 9.97 Å². The Bertz CT molecular complexity index is 621. The summed E-state index contributed by atoms with van der Waals surface area (Å²) in [6.07, 6.45) is 7.00. The second-order valence-corrected chi connectivity index (χ2v) is 5.36. The first-order chi connectivity index (χ1) is 14.8. The molecule has 0 fully saturated rings. The van der Waals surface area contributed by atoms with E-state index in [4.69, 9.17) is 0 Å². The summed E-state index contributed by atoms with van der Waals surface area (Å²) in [7, 11) is 0. The van der Waals surface area contributed by atoms with Gasteiger partial charge in [0.1, 0.15) is 0 Å². The molecule has 2 aromatic heterocycles. The molecule has 0 amide bonds. The van der Waals surface area contributed by atoms with Crippen molar-refractivity contribution in [2.75, 3.05) is 0 Å². The molecule has 0 aliphatic heterocycles. The predicted octanol–water partition coefficient (Wildman–Crippen LogP) is 8.21. The first-order valence-electron chi connectivity index (χ1n) is 10.5. The van der Waals surface area contributed by atoms with Gasteiger partial charge in [0, 0.05) is 24.8 Å². The van der Waals surface area contributed by atoms with E-state index >= 15 is 0 Å². The standard InChI is InChI=1S/2C7H8.2C5H5N.2C2H6/c2*1-7-5-3-2-4-6-7;2*1-2-4-6-5-3-1;2*1-2/h2*2-6H,1H3;2*1-5H;2*1-2H3. The van der Waals surface area contributed by atoms with Crippen LogP contribution in [0.25, 0.3) is 0 Å². The summed E-state index contributed by atoms with van der Waals surface area (Å²) in [6, 6.07) is 32.0. The van der Waals surface area contributed by atoms with Crippen molar-refractivity contribution in [2.45, 2.75) is 41.5 Å². The van der Waals surface area contributed by atoms with Crippen molar-refractivity contribution in [3.05, 3.63) is 133 Å². The molecule has 0 spiro atoms. The van der Waals surface area contributed by atoms with E-state index in [1.54, 1.807) is 24.8 Å². The van der Waals surface area contributed by atoms with E-state index in [1.807, 2.05) is 100 Å². The first kappa shape index (κ1) is 28.9. The largest absolute Gasteiger partial charge is 0.265 e. The van der Waals surface area contributed by atoms with Crippen LogP contribution in [0.4, 0.5) is 0 Å². The lowest BCUT2D eigenvalue weighted by molar-refractivity contribution is 1.33. The van der Waals surface area contributed by atoms with E-state index in [-0.39, 0.29) is 0 Å². The molecular weight excluding hydrogens is 364 g/mol. The average Bonchev–Trinajstić information content (AvgIpc) is 2.86. The van der Waals surface area contributed by atoms with Crippen LogP contribution >= 0.6 is 0 Å². The quantitative estimate of drug-likeness (QED) is 0.296. The molecule has 2 heterocycles. The Labute approximate surface area is 184 Å². The van der Waals surface area contributed by atoms with Gasteiger partial charge in [0.05, 0.1) is 0 Å². The molecule has 0 unspecified atom stereocenters. The van der Waals surface area contributed by atoms with Crippen molar-refractivity contribution >= 4 is 0 Å². The maximum Gasteiger partial charge on any atom is 0.0267 e. The predicted molar refractivity (Wildman–Crippen MR) is 134 cm³/mol. The number of pyridine rings is 2. The molecule has 0 saturated carbocycles. The molecule has 0 N–H and O–H groups in total. The highest BCUT2D eigenvalue weighted by atomic mass is 14.6. The third kappa shape index (κ3) is 22.8. The van der Waals surface area contributed by atoms with Crippen molar-refractivity contribution in [1.29, 1.82) is 0 Å². The van der Waals surface area contributed by atoms with Crippen LogP contribution in [0.2, 0.25) is 0 Å². The maximum absolute atomic E-state index is 3.78. The van der Waals surface area contributed by atoms with E-state index in [0.717, 1.165) is 0 Å². The van der Waals surface area contributed by atoms with Crippen molar-refractivity contribution in [3.8, 4) is 0 Å². The van der Waals surface area contributed by atoms with E-state index in [9.17, 15) is 0 Å². The molecule has 4 aromatic rings. The van der Waals surface area contributed by atoms with Crippen molar-refractivity contribution in [1.82, 2.24) is 9.97 Å². The van der Waals surface area contributed by atoms with Gasteiger partial charge >= 0.3 is 0 Å². The van der Waals surface area contributed by atoms with Gasteiger partial charge in [-0.25, -0.2) is 0 Å². The lowest BCUT2D eigenvalue weighted by atomic mass is 10.2. The van der Waals surface area contributed by atoms with Crippen LogP contribution in [0.15, 0.2) is 122 Å². The zero-order chi connectivity index (χ0) is 22.7. The highest BCUT2D eigenvalue weighted by Crippen LogP contribution is 1.92. The molecule has 0 saturated heterocycles. The first-order valence-corrected chi connectivity index (χ1v) is 10.5. The molecule has 160 valence electrons. The summed E-state index contributed by atoms with van der Waals surface area (Å²) in [5.41, 5.74) is 2.64. The van der Waals surface area contributed by atoms with Crippen molar-refractivity contribution in [2.24, 2.45) is 0 Å². The molecule has 2 aromatic carbocycles. The zero-order valence-corrected chi connectivity index (χ0v) is 19.4. The fourth-order valence-corrected chi connectivity index (χ4v) is 1.69. The SMILES string of the molecule is CC.CC.Cc1ccccc1.Cc1ccccc1.c1ccncc1.c1ccncc1. The highest BCUT2D eigenvalue weighted by molar-refractivity contribution is 5.12. The summed E-state index contributed by atoms with van der Waals surface area (Å²) in [5.74, 6) is 0. The molecule has 0 aliphatic carbocycles. The summed E-state index contributed by atoms with van der Waals surface area (Å²) < 4.78 is 0. The van der Waals surface area contributed by atoms with Gasteiger partial charge in [0.15, 0.2) is 0 Å². The minimum absolute atomic E-state index is 1.32. The van der Waals surface area contributed by atoms with Gasteiger partial charge in [-0.05, 0) is 38.1 Å². The van der Waals surface area contributed by atoms with E-state index < -0.39 is 0 Å². The molecule has 0 bridgehead atoms. The Morgan fingerprint density at radius 3 is 0.700 bits per heavy atom. The summed E-state index contributed by atoms with van der Waals surface area (Å²) in [4.78, 5) is 7.57. The number of aromatic nitrogens is 2. The molecule has 30 heavy (non-hydrogen) atoms. The van der Waals surface area contributed by atoms with Crippen molar-refractivity contribution in [3.63, 3.8) is 0 Å². The van der Waals surface area contributed by atoms with Gasteiger partial charge in [-0.3, -0.25) is 9.97 Å². The maximum atomic E-state index is 3.78. The van der Waals surface area contributed by atoms with Crippen molar-refractivity contribution < 1.29 is 0 Å². The number of nitrogens with zero attached hydrogens (tertiary/aromatic N) is 2. The average molecular weight is 403 g/mol. The molecule has 4 rings (SSSR count).